The lowest BCUT2D eigenvalue weighted by molar-refractivity contribution is -0.384. The van der Waals surface area contributed by atoms with Gasteiger partial charge in [0.2, 0.25) is 0 Å². The van der Waals surface area contributed by atoms with E-state index < -0.39 is 4.92 Å². The maximum Gasteiger partial charge on any atom is 0.270 e. The van der Waals surface area contributed by atoms with Crippen LogP contribution in [-0.2, 0) is 0 Å². The van der Waals surface area contributed by atoms with Crippen molar-refractivity contribution in [2.24, 2.45) is 0 Å². The molecule has 0 spiro atoms. The van der Waals surface area contributed by atoms with E-state index in [1.54, 1.807) is 15.9 Å². The molecule has 0 N–H and O–H groups in total. The van der Waals surface area contributed by atoms with Gasteiger partial charge in [-0.3, -0.25) is 19.3 Å². The first kappa shape index (κ1) is 18.9. The lowest BCUT2D eigenvalue weighted by atomic mass is 9.96. The Hall–Kier alpha value is -3.49. The molecule has 9 nitrogen and oxygen atoms in total. The number of rotatable bonds is 4. The third-order valence-corrected chi connectivity index (χ3v) is 5.32. The van der Waals surface area contributed by atoms with Gasteiger partial charge in [0.05, 0.1) is 10.5 Å². The van der Waals surface area contributed by atoms with Crippen LogP contribution in [0.1, 0.15) is 34.9 Å². The molecule has 3 heterocycles. The minimum atomic E-state index is -0.475. The molecule has 0 saturated carbocycles. The summed E-state index contributed by atoms with van der Waals surface area (Å²) in [7, 11) is 3.64. The number of nitro groups is 1. The molecule has 4 rings (SSSR count). The molecule has 1 saturated heterocycles. The van der Waals surface area contributed by atoms with Crippen LogP contribution in [0.2, 0.25) is 0 Å². The van der Waals surface area contributed by atoms with E-state index in [-0.39, 0.29) is 17.5 Å². The topological polar surface area (TPSA) is 96.9 Å². The third kappa shape index (κ3) is 3.51. The first-order valence-electron chi connectivity index (χ1n) is 9.50. The number of pyridine rings is 1. The Morgan fingerprint density at radius 1 is 1.24 bits per heavy atom. The van der Waals surface area contributed by atoms with Crippen molar-refractivity contribution in [2.45, 2.75) is 18.8 Å². The molecule has 29 heavy (non-hydrogen) atoms. The summed E-state index contributed by atoms with van der Waals surface area (Å²) < 4.78 is 1.96. The number of aromatic nitrogens is 3. The van der Waals surface area contributed by atoms with Gasteiger partial charge in [-0.25, -0.2) is 0 Å². The predicted octanol–water partition coefficient (Wildman–Crippen LogP) is 2.72. The van der Waals surface area contributed by atoms with Gasteiger partial charge in [0, 0.05) is 57.1 Å². The molecular formula is C20H22N6O3. The van der Waals surface area contributed by atoms with Crippen LogP contribution in [0.4, 0.5) is 11.4 Å². The number of hydrogen-bond acceptors (Lipinski definition) is 6. The van der Waals surface area contributed by atoms with Gasteiger partial charge in [-0.1, -0.05) is 6.07 Å². The van der Waals surface area contributed by atoms with Gasteiger partial charge in [0.15, 0.2) is 5.65 Å². The van der Waals surface area contributed by atoms with Crippen molar-refractivity contribution in [2.75, 3.05) is 32.1 Å². The highest BCUT2D eigenvalue weighted by molar-refractivity contribution is 6.00. The number of fused-ring (bicyclic) bond motifs is 1. The second-order valence-corrected chi connectivity index (χ2v) is 7.43. The summed E-state index contributed by atoms with van der Waals surface area (Å²) in [5, 5.41) is 19.8. The number of carbonyl (C=O) groups is 1. The zero-order valence-electron chi connectivity index (χ0n) is 16.4. The van der Waals surface area contributed by atoms with E-state index in [9.17, 15) is 14.9 Å². The van der Waals surface area contributed by atoms with Crippen LogP contribution in [0, 0.1) is 10.1 Å². The Morgan fingerprint density at radius 3 is 2.83 bits per heavy atom. The van der Waals surface area contributed by atoms with Crippen LogP contribution in [0.25, 0.3) is 5.65 Å². The van der Waals surface area contributed by atoms with Crippen LogP contribution in [0.3, 0.4) is 0 Å². The lowest BCUT2D eigenvalue weighted by Crippen LogP contribution is -2.40. The number of likely N-dealkylation sites (tertiary alicyclic amines) is 1. The van der Waals surface area contributed by atoms with Crippen LogP contribution < -0.4 is 4.90 Å². The normalized spacial score (nSPS) is 16.8. The number of non-ortho nitro benzene ring substituents is 1. The second kappa shape index (κ2) is 7.50. The fraction of sp³-hybridized carbons (Fsp3) is 0.350. The smallest absolute Gasteiger partial charge is 0.270 e. The van der Waals surface area contributed by atoms with Crippen LogP contribution in [-0.4, -0.2) is 57.5 Å². The zero-order chi connectivity index (χ0) is 20.5. The largest absolute Gasteiger partial charge is 0.377 e. The average molecular weight is 394 g/mol. The molecular weight excluding hydrogens is 372 g/mol. The third-order valence-electron chi connectivity index (χ3n) is 5.32. The van der Waals surface area contributed by atoms with Gasteiger partial charge in [-0.2, -0.15) is 0 Å². The van der Waals surface area contributed by atoms with Crippen molar-refractivity contribution in [1.82, 2.24) is 19.5 Å². The van der Waals surface area contributed by atoms with Crippen molar-refractivity contribution in [3.63, 3.8) is 0 Å². The van der Waals surface area contributed by atoms with Crippen LogP contribution in [0.5, 0.6) is 0 Å². The number of hydrogen-bond donors (Lipinski definition) is 0. The van der Waals surface area contributed by atoms with Crippen LogP contribution >= 0.6 is 0 Å². The molecule has 1 atom stereocenters. The number of carbonyl (C=O) groups excluding carboxylic acids is 1. The van der Waals surface area contributed by atoms with E-state index in [1.807, 2.05) is 42.9 Å². The Kier molecular flexibility index (Phi) is 4.87. The van der Waals surface area contributed by atoms with Crippen molar-refractivity contribution in [3.05, 3.63) is 64.1 Å². The Morgan fingerprint density at radius 2 is 2.07 bits per heavy atom. The monoisotopic (exact) mass is 394 g/mol. The van der Waals surface area contributed by atoms with Crippen molar-refractivity contribution >= 4 is 22.9 Å². The van der Waals surface area contributed by atoms with Gasteiger partial charge < -0.3 is 9.80 Å². The molecule has 0 bridgehead atoms. The highest BCUT2D eigenvalue weighted by Gasteiger charge is 2.30. The summed E-state index contributed by atoms with van der Waals surface area (Å²) in [6.07, 6.45) is 3.68. The summed E-state index contributed by atoms with van der Waals surface area (Å²) in [4.78, 5) is 27.6. The first-order valence-corrected chi connectivity index (χ1v) is 9.50. The van der Waals surface area contributed by atoms with E-state index in [1.165, 1.54) is 12.1 Å². The van der Waals surface area contributed by atoms with E-state index in [4.69, 9.17) is 0 Å². The number of amides is 1. The standard InChI is InChI=1S/C20H22N6O3/c1-23(2)17-9-8-15(26(28)29)12-16(17)20(27)24-10-5-6-14(13-24)19-22-21-18-7-3-4-11-25(18)19/h3-4,7-9,11-12,14H,5-6,10,13H2,1-2H3. The predicted molar refractivity (Wildman–Crippen MR) is 108 cm³/mol. The lowest BCUT2D eigenvalue weighted by Gasteiger charge is -2.32. The minimum Gasteiger partial charge on any atom is -0.377 e. The molecule has 1 aliphatic rings. The summed E-state index contributed by atoms with van der Waals surface area (Å²) in [5.74, 6) is 0.701. The summed E-state index contributed by atoms with van der Waals surface area (Å²) >= 11 is 0. The maximum atomic E-state index is 13.3. The number of piperidine rings is 1. The Balaban J connectivity index is 1.64. The minimum absolute atomic E-state index is 0.0617. The van der Waals surface area contributed by atoms with Gasteiger partial charge in [0.1, 0.15) is 5.82 Å². The molecule has 0 aliphatic carbocycles. The Labute approximate surface area is 167 Å². The average Bonchev–Trinajstić information content (AvgIpc) is 3.17. The van der Waals surface area contributed by atoms with E-state index in [0.29, 0.717) is 24.3 Å². The molecule has 1 aromatic carbocycles. The van der Waals surface area contributed by atoms with Gasteiger partial charge >= 0.3 is 0 Å². The van der Waals surface area contributed by atoms with E-state index >= 15 is 0 Å². The summed E-state index contributed by atoms with van der Waals surface area (Å²) in [6.45, 7) is 1.12. The van der Waals surface area contributed by atoms with E-state index in [0.717, 1.165) is 24.3 Å². The molecule has 1 amide bonds. The highest BCUT2D eigenvalue weighted by atomic mass is 16.6. The summed E-state index contributed by atoms with van der Waals surface area (Å²) in [5.41, 5.74) is 1.70. The van der Waals surface area contributed by atoms with Crippen molar-refractivity contribution in [3.8, 4) is 0 Å². The number of benzene rings is 1. The van der Waals surface area contributed by atoms with Crippen molar-refractivity contribution in [1.29, 1.82) is 0 Å². The molecule has 0 radical (unpaired) electrons. The van der Waals surface area contributed by atoms with Crippen LogP contribution in [0.15, 0.2) is 42.6 Å². The Bertz CT molecular complexity index is 1080. The quantitative estimate of drug-likeness (QED) is 0.499. The zero-order valence-corrected chi connectivity index (χ0v) is 16.4. The van der Waals surface area contributed by atoms with Crippen molar-refractivity contribution < 1.29 is 9.72 Å². The molecule has 1 fully saturated rings. The fourth-order valence-electron chi connectivity index (χ4n) is 3.88. The van der Waals surface area contributed by atoms with Gasteiger partial charge in [-0.05, 0) is 31.0 Å². The first-order chi connectivity index (χ1) is 14.0. The molecule has 150 valence electrons. The van der Waals surface area contributed by atoms with Gasteiger partial charge in [0.25, 0.3) is 11.6 Å². The molecule has 1 aliphatic heterocycles. The molecule has 3 aromatic rings. The highest BCUT2D eigenvalue weighted by Crippen LogP contribution is 2.30. The fourth-order valence-corrected chi connectivity index (χ4v) is 3.88. The molecule has 1 unspecified atom stereocenters. The SMILES string of the molecule is CN(C)c1ccc([N+](=O)[O-])cc1C(=O)N1CCCC(c2nnc3ccccn23)C1. The summed E-state index contributed by atoms with van der Waals surface area (Å²) in [6, 6.07) is 10.2. The number of nitrogens with zero attached hydrogens (tertiary/aromatic N) is 6. The molecule has 9 heteroatoms. The number of nitro benzene ring substituents is 1. The maximum absolute atomic E-state index is 13.3. The second-order valence-electron chi connectivity index (χ2n) is 7.43. The van der Waals surface area contributed by atoms with E-state index in [2.05, 4.69) is 10.2 Å². The number of anilines is 1. The van der Waals surface area contributed by atoms with Gasteiger partial charge in [-0.15, -0.1) is 10.2 Å². The molecule has 2 aromatic heterocycles.